The van der Waals surface area contributed by atoms with Crippen LogP contribution < -0.4 is 5.73 Å². The summed E-state index contributed by atoms with van der Waals surface area (Å²) in [6, 6.07) is 0. The Morgan fingerprint density at radius 2 is 1.43 bits per heavy atom. The molecule has 4 bridgehead atoms. The average molecular weight is 399 g/mol. The monoisotopic (exact) mass is 399 g/mol. The second-order valence-electron chi connectivity index (χ2n) is 10.0. The molecule has 4 fully saturated rings. The van der Waals surface area contributed by atoms with Crippen LogP contribution in [0.1, 0.15) is 72.1 Å². The Balaban J connectivity index is 1.98. The molecule has 9 nitrogen and oxygen atoms in total. The second kappa shape index (κ2) is 7.00. The van der Waals surface area contributed by atoms with E-state index in [0.717, 1.165) is 44.9 Å². The van der Waals surface area contributed by atoms with Crippen molar-refractivity contribution in [3.8, 4) is 0 Å². The van der Waals surface area contributed by atoms with Gasteiger partial charge in [0, 0.05) is 0 Å². The Morgan fingerprint density at radius 3 is 1.86 bits per heavy atom. The third-order valence-electron chi connectivity index (χ3n) is 8.45. The van der Waals surface area contributed by atoms with Crippen molar-refractivity contribution < 1.29 is 19.8 Å². The van der Waals surface area contributed by atoms with Gasteiger partial charge in [-0.05, 0) is 72.6 Å². The zero-order valence-electron chi connectivity index (χ0n) is 17.1. The molecule has 160 valence electrons. The van der Waals surface area contributed by atoms with E-state index in [2.05, 4.69) is 18.7 Å². The Morgan fingerprint density at radius 1 is 0.929 bits per heavy atom. The molecule has 4 aliphatic carbocycles. The van der Waals surface area contributed by atoms with E-state index in [1.54, 1.807) is 0 Å². The SMILES string of the molecule is CCC12CC3(CC)CC(CN)(C1)CC(C(C)C(CO[N+](=O)[O-])O[N+](=O)[O-])(C2)C3. The smallest absolute Gasteiger partial charge is 0.294 e. The minimum Gasteiger partial charge on any atom is -0.330 e. The molecule has 9 heteroatoms. The Labute approximate surface area is 165 Å². The summed E-state index contributed by atoms with van der Waals surface area (Å²) in [6.45, 7) is 6.61. The van der Waals surface area contributed by atoms with Crippen LogP contribution in [0.25, 0.3) is 0 Å². The van der Waals surface area contributed by atoms with Gasteiger partial charge in [-0.15, -0.1) is 20.2 Å². The molecule has 28 heavy (non-hydrogen) atoms. The first-order valence-electron chi connectivity index (χ1n) is 10.4. The molecule has 4 atom stereocenters. The molecular weight excluding hydrogens is 366 g/mol. The fourth-order valence-electron chi connectivity index (χ4n) is 7.73. The van der Waals surface area contributed by atoms with Crippen LogP contribution in [0.2, 0.25) is 0 Å². The zero-order valence-corrected chi connectivity index (χ0v) is 17.1. The molecule has 4 aliphatic rings. The summed E-state index contributed by atoms with van der Waals surface area (Å²) >= 11 is 0. The maximum Gasteiger partial charge on any atom is 0.294 e. The number of hydrogen-bond acceptors (Lipinski definition) is 7. The van der Waals surface area contributed by atoms with Crippen LogP contribution in [0, 0.1) is 47.8 Å². The van der Waals surface area contributed by atoms with Gasteiger partial charge in [0.1, 0.15) is 12.7 Å². The molecule has 4 unspecified atom stereocenters. The second-order valence-corrected chi connectivity index (χ2v) is 10.0. The highest BCUT2D eigenvalue weighted by Gasteiger charge is 2.68. The highest BCUT2D eigenvalue weighted by molar-refractivity contribution is 5.18. The first kappa shape index (κ1) is 21.1. The molecule has 0 aromatic rings. The van der Waals surface area contributed by atoms with Gasteiger partial charge in [0.05, 0.1) is 0 Å². The number of rotatable bonds is 10. The molecule has 0 radical (unpaired) electrons. The summed E-state index contributed by atoms with van der Waals surface area (Å²) in [7, 11) is 0. The lowest BCUT2D eigenvalue weighted by atomic mass is 9.33. The van der Waals surface area contributed by atoms with Crippen molar-refractivity contribution in [3.05, 3.63) is 20.2 Å². The van der Waals surface area contributed by atoms with Crippen molar-refractivity contribution in [2.24, 2.45) is 33.3 Å². The number of hydrogen-bond donors (Lipinski definition) is 1. The van der Waals surface area contributed by atoms with Crippen LogP contribution in [0.3, 0.4) is 0 Å². The lowest BCUT2D eigenvalue weighted by Gasteiger charge is -2.72. The van der Waals surface area contributed by atoms with Crippen LogP contribution >= 0.6 is 0 Å². The first-order valence-corrected chi connectivity index (χ1v) is 10.4. The van der Waals surface area contributed by atoms with Crippen LogP contribution in [-0.2, 0) is 9.68 Å². The fourth-order valence-corrected chi connectivity index (χ4v) is 7.73. The summed E-state index contributed by atoms with van der Waals surface area (Å²) in [6.07, 6.45) is 7.48. The molecule has 0 aromatic heterocycles. The molecule has 0 saturated heterocycles. The Hall–Kier alpha value is -1.64. The lowest BCUT2D eigenvalue weighted by Crippen LogP contribution is -2.65. The summed E-state index contributed by atoms with van der Waals surface area (Å²) in [5.74, 6) is -0.235. The van der Waals surface area contributed by atoms with Crippen LogP contribution in [-0.4, -0.2) is 29.4 Å². The van der Waals surface area contributed by atoms with Crippen molar-refractivity contribution in [3.63, 3.8) is 0 Å². The van der Waals surface area contributed by atoms with E-state index < -0.39 is 22.9 Å². The summed E-state index contributed by atoms with van der Waals surface area (Å²) < 4.78 is 0. The van der Waals surface area contributed by atoms with Crippen molar-refractivity contribution in [2.45, 2.75) is 78.2 Å². The quantitative estimate of drug-likeness (QED) is 0.439. The van der Waals surface area contributed by atoms with E-state index in [9.17, 15) is 20.2 Å². The van der Waals surface area contributed by atoms with Gasteiger partial charge in [0.2, 0.25) is 0 Å². The summed E-state index contributed by atoms with van der Waals surface area (Å²) in [4.78, 5) is 31.2. The minimum atomic E-state index is -0.964. The van der Waals surface area contributed by atoms with Gasteiger partial charge in [-0.25, -0.2) is 0 Å². The minimum absolute atomic E-state index is 0.0537. The lowest BCUT2D eigenvalue weighted by molar-refractivity contribution is -0.792. The fraction of sp³-hybridized carbons (Fsp3) is 1.00. The van der Waals surface area contributed by atoms with E-state index >= 15 is 0 Å². The van der Waals surface area contributed by atoms with E-state index in [1.165, 1.54) is 6.42 Å². The molecule has 0 aliphatic heterocycles. The van der Waals surface area contributed by atoms with Gasteiger partial charge in [-0.3, -0.25) is 0 Å². The van der Waals surface area contributed by atoms with Gasteiger partial charge in [-0.1, -0.05) is 33.6 Å². The largest absolute Gasteiger partial charge is 0.330 e. The molecule has 0 amide bonds. The maximum atomic E-state index is 11.1. The summed E-state index contributed by atoms with van der Waals surface area (Å²) in [5, 5.41) is 20.0. The molecule has 0 spiro atoms. The molecular formula is C19H33N3O6. The highest BCUT2D eigenvalue weighted by atomic mass is 17.0. The summed E-state index contributed by atoms with van der Waals surface area (Å²) in [5.41, 5.74) is 6.60. The van der Waals surface area contributed by atoms with Crippen molar-refractivity contribution in [2.75, 3.05) is 13.2 Å². The molecule has 4 rings (SSSR count). The van der Waals surface area contributed by atoms with Crippen molar-refractivity contribution >= 4 is 0 Å². The van der Waals surface area contributed by atoms with E-state index in [0.29, 0.717) is 6.54 Å². The average Bonchev–Trinajstić information content (AvgIpc) is 2.63. The van der Waals surface area contributed by atoms with Gasteiger partial charge in [0.25, 0.3) is 10.2 Å². The van der Waals surface area contributed by atoms with E-state index in [-0.39, 0.29) is 27.6 Å². The third kappa shape index (κ3) is 3.42. The molecule has 0 heterocycles. The predicted octanol–water partition coefficient (Wildman–Crippen LogP) is 3.51. The van der Waals surface area contributed by atoms with Crippen molar-refractivity contribution in [1.29, 1.82) is 0 Å². The van der Waals surface area contributed by atoms with Gasteiger partial charge >= 0.3 is 0 Å². The van der Waals surface area contributed by atoms with Gasteiger partial charge in [0.15, 0.2) is 0 Å². The topological polar surface area (TPSA) is 131 Å². The van der Waals surface area contributed by atoms with Crippen molar-refractivity contribution in [1.82, 2.24) is 0 Å². The molecule has 4 saturated carbocycles. The number of nitrogens with zero attached hydrogens (tertiary/aromatic N) is 2. The Bertz CT molecular complexity index is 583. The standard InChI is InChI=1S/C19H33N3O6/c1-4-16-7-17(5-2)9-18(8-16,13-20)12-19(10-16,11-17)14(3)15(28-22(25)26)6-27-21(23)24/h14-15H,4-13,20H2,1-3H3. The van der Waals surface area contributed by atoms with Gasteiger partial charge in [-0.2, -0.15) is 0 Å². The van der Waals surface area contributed by atoms with Crippen LogP contribution in [0.15, 0.2) is 0 Å². The van der Waals surface area contributed by atoms with Crippen LogP contribution in [0.5, 0.6) is 0 Å². The van der Waals surface area contributed by atoms with E-state index in [4.69, 9.17) is 10.6 Å². The number of nitrogens with two attached hydrogens (primary N) is 1. The van der Waals surface area contributed by atoms with Crippen LogP contribution in [0.4, 0.5) is 0 Å². The Kier molecular flexibility index (Phi) is 5.27. The van der Waals surface area contributed by atoms with Gasteiger partial charge < -0.3 is 15.4 Å². The first-order chi connectivity index (χ1) is 13.1. The predicted molar refractivity (Wildman–Crippen MR) is 101 cm³/mol. The highest BCUT2D eigenvalue weighted by Crippen LogP contribution is 2.76. The normalized spacial score (nSPS) is 40.7. The van der Waals surface area contributed by atoms with E-state index in [1.807, 2.05) is 6.92 Å². The zero-order chi connectivity index (χ0) is 20.8. The third-order valence-corrected chi connectivity index (χ3v) is 8.45. The maximum absolute atomic E-state index is 11.1. The molecule has 0 aromatic carbocycles. The molecule has 2 N–H and O–H groups in total.